The molecule has 2 heterocycles. The molecule has 1 aromatic carbocycles. The van der Waals surface area contributed by atoms with Crippen LogP contribution >= 0.6 is 22.9 Å². The Balaban J connectivity index is 1.96. The first-order valence-corrected chi connectivity index (χ1v) is 8.87. The standard InChI is InChI=1S/C17H18ClN3OS/c1-12(13-7-8-23-11-13)21(17(22)9-18)10-15-14-5-3-4-6-16(14)20(2)19-15/h3-8,11-12H,9-10H2,1-2H3/t12-/m1/s1. The third kappa shape index (κ3) is 3.12. The molecule has 0 spiro atoms. The van der Waals surface area contributed by atoms with E-state index >= 15 is 0 Å². The number of aryl methyl sites for hydroxylation is 1. The summed E-state index contributed by atoms with van der Waals surface area (Å²) in [6.45, 7) is 2.47. The maximum Gasteiger partial charge on any atom is 0.238 e. The van der Waals surface area contributed by atoms with Crippen molar-refractivity contribution in [3.8, 4) is 0 Å². The molecule has 120 valence electrons. The van der Waals surface area contributed by atoms with Gasteiger partial charge < -0.3 is 4.90 Å². The molecule has 0 bridgehead atoms. The molecule has 0 aliphatic heterocycles. The summed E-state index contributed by atoms with van der Waals surface area (Å²) >= 11 is 7.45. The van der Waals surface area contributed by atoms with Crippen LogP contribution in [0.5, 0.6) is 0 Å². The molecule has 0 unspecified atom stereocenters. The minimum Gasteiger partial charge on any atom is -0.329 e. The number of para-hydroxylation sites is 1. The van der Waals surface area contributed by atoms with Gasteiger partial charge in [0.15, 0.2) is 0 Å². The molecule has 0 aliphatic rings. The molecule has 23 heavy (non-hydrogen) atoms. The Morgan fingerprint density at radius 1 is 1.39 bits per heavy atom. The van der Waals surface area contributed by atoms with Gasteiger partial charge in [-0.25, -0.2) is 0 Å². The van der Waals surface area contributed by atoms with Crippen LogP contribution in [0.2, 0.25) is 0 Å². The van der Waals surface area contributed by atoms with Crippen molar-refractivity contribution in [1.82, 2.24) is 14.7 Å². The Morgan fingerprint density at radius 2 is 2.17 bits per heavy atom. The SMILES string of the molecule is C[C@H](c1ccsc1)N(Cc1nn(C)c2ccccc12)C(=O)CCl. The van der Waals surface area contributed by atoms with Crippen LogP contribution in [0.3, 0.4) is 0 Å². The van der Waals surface area contributed by atoms with E-state index in [-0.39, 0.29) is 17.8 Å². The fourth-order valence-corrected chi connectivity index (χ4v) is 3.68. The number of thiophene rings is 1. The normalized spacial score (nSPS) is 12.5. The molecular formula is C17H18ClN3OS. The third-order valence-electron chi connectivity index (χ3n) is 4.08. The number of alkyl halides is 1. The van der Waals surface area contributed by atoms with E-state index < -0.39 is 0 Å². The first-order valence-electron chi connectivity index (χ1n) is 7.40. The van der Waals surface area contributed by atoms with Gasteiger partial charge in [-0.1, -0.05) is 18.2 Å². The molecule has 1 atom stereocenters. The number of aromatic nitrogens is 2. The van der Waals surface area contributed by atoms with Gasteiger partial charge in [0.05, 0.1) is 23.8 Å². The molecule has 4 nitrogen and oxygen atoms in total. The Hall–Kier alpha value is -1.85. The van der Waals surface area contributed by atoms with Crippen LogP contribution in [-0.2, 0) is 18.4 Å². The minimum atomic E-state index is -0.0832. The van der Waals surface area contributed by atoms with Crippen LogP contribution in [0.25, 0.3) is 10.9 Å². The van der Waals surface area contributed by atoms with Gasteiger partial charge in [-0.2, -0.15) is 16.4 Å². The van der Waals surface area contributed by atoms with E-state index in [0.717, 1.165) is 22.2 Å². The molecule has 0 fully saturated rings. The van der Waals surface area contributed by atoms with Crippen molar-refractivity contribution in [3.05, 3.63) is 52.3 Å². The second-order valence-electron chi connectivity index (χ2n) is 5.48. The van der Waals surface area contributed by atoms with Gasteiger partial charge in [0.2, 0.25) is 5.91 Å². The predicted octanol–water partition coefficient (Wildman–Crippen LogP) is 3.96. The van der Waals surface area contributed by atoms with Gasteiger partial charge in [0, 0.05) is 12.4 Å². The third-order valence-corrected chi connectivity index (χ3v) is 5.01. The van der Waals surface area contributed by atoms with Crippen molar-refractivity contribution in [2.45, 2.75) is 19.5 Å². The van der Waals surface area contributed by atoms with Crippen LogP contribution in [0, 0.1) is 0 Å². The molecule has 0 N–H and O–H groups in total. The fraction of sp³-hybridized carbons (Fsp3) is 0.294. The molecule has 3 aromatic rings. The summed E-state index contributed by atoms with van der Waals surface area (Å²) in [4.78, 5) is 14.2. The monoisotopic (exact) mass is 347 g/mol. The zero-order chi connectivity index (χ0) is 16.4. The predicted molar refractivity (Wildman–Crippen MR) is 94.7 cm³/mol. The summed E-state index contributed by atoms with van der Waals surface area (Å²) in [7, 11) is 1.92. The number of hydrogen-bond donors (Lipinski definition) is 0. The Kier molecular flexibility index (Phi) is 4.68. The quantitative estimate of drug-likeness (QED) is 0.655. The summed E-state index contributed by atoms with van der Waals surface area (Å²) in [5, 5.41) is 9.75. The fourth-order valence-electron chi connectivity index (χ4n) is 2.78. The highest BCUT2D eigenvalue weighted by Crippen LogP contribution is 2.27. The van der Waals surface area contributed by atoms with E-state index in [4.69, 9.17) is 11.6 Å². The topological polar surface area (TPSA) is 38.1 Å². The van der Waals surface area contributed by atoms with Crippen molar-refractivity contribution in [1.29, 1.82) is 0 Å². The number of nitrogens with zero attached hydrogens (tertiary/aromatic N) is 3. The van der Waals surface area contributed by atoms with Gasteiger partial charge in [-0.3, -0.25) is 9.48 Å². The molecule has 3 rings (SSSR count). The van der Waals surface area contributed by atoms with Crippen LogP contribution in [0.1, 0.15) is 24.2 Å². The lowest BCUT2D eigenvalue weighted by molar-refractivity contribution is -0.131. The van der Waals surface area contributed by atoms with Crippen LogP contribution in [0.4, 0.5) is 0 Å². The highest BCUT2D eigenvalue weighted by Gasteiger charge is 2.23. The lowest BCUT2D eigenvalue weighted by atomic mass is 10.1. The first-order chi connectivity index (χ1) is 11.1. The van der Waals surface area contributed by atoms with Gasteiger partial charge in [0.1, 0.15) is 5.88 Å². The van der Waals surface area contributed by atoms with E-state index in [1.807, 2.05) is 54.4 Å². The highest BCUT2D eigenvalue weighted by atomic mass is 35.5. The van der Waals surface area contributed by atoms with E-state index in [1.165, 1.54) is 0 Å². The van der Waals surface area contributed by atoms with Gasteiger partial charge >= 0.3 is 0 Å². The first kappa shape index (κ1) is 16.0. The minimum absolute atomic E-state index is 0.0285. The van der Waals surface area contributed by atoms with Crippen molar-refractivity contribution in [2.75, 3.05) is 5.88 Å². The van der Waals surface area contributed by atoms with Crippen molar-refractivity contribution in [3.63, 3.8) is 0 Å². The largest absolute Gasteiger partial charge is 0.329 e. The van der Waals surface area contributed by atoms with E-state index in [2.05, 4.69) is 10.5 Å². The number of halogens is 1. The Labute approximate surface area is 144 Å². The van der Waals surface area contributed by atoms with E-state index in [0.29, 0.717) is 6.54 Å². The molecule has 6 heteroatoms. The molecule has 0 saturated carbocycles. The molecule has 1 amide bonds. The molecule has 0 radical (unpaired) electrons. The van der Waals surface area contributed by atoms with Crippen LogP contribution in [-0.4, -0.2) is 26.5 Å². The Bertz CT molecular complexity index is 812. The van der Waals surface area contributed by atoms with Gasteiger partial charge in [-0.05, 0) is 35.4 Å². The number of fused-ring (bicyclic) bond motifs is 1. The van der Waals surface area contributed by atoms with Crippen molar-refractivity contribution < 1.29 is 4.79 Å². The summed E-state index contributed by atoms with van der Waals surface area (Å²) in [6.07, 6.45) is 0. The molecule has 2 aromatic heterocycles. The zero-order valence-corrected chi connectivity index (χ0v) is 14.6. The number of carbonyl (C=O) groups is 1. The second-order valence-corrected chi connectivity index (χ2v) is 6.52. The van der Waals surface area contributed by atoms with Crippen molar-refractivity contribution >= 4 is 39.7 Å². The van der Waals surface area contributed by atoms with E-state index in [9.17, 15) is 4.79 Å². The number of rotatable bonds is 5. The maximum atomic E-state index is 12.4. The molecular weight excluding hydrogens is 330 g/mol. The lowest BCUT2D eigenvalue weighted by Gasteiger charge is -2.28. The smallest absolute Gasteiger partial charge is 0.238 e. The number of benzene rings is 1. The van der Waals surface area contributed by atoms with Crippen molar-refractivity contribution in [2.24, 2.45) is 7.05 Å². The summed E-state index contributed by atoms with van der Waals surface area (Å²) in [5.41, 5.74) is 3.07. The maximum absolute atomic E-state index is 12.4. The zero-order valence-electron chi connectivity index (χ0n) is 13.1. The average Bonchev–Trinajstić information content (AvgIpc) is 3.21. The van der Waals surface area contributed by atoms with Crippen LogP contribution in [0.15, 0.2) is 41.1 Å². The number of amides is 1. The average molecular weight is 348 g/mol. The Morgan fingerprint density at radius 3 is 2.87 bits per heavy atom. The lowest BCUT2D eigenvalue weighted by Crippen LogP contribution is -2.34. The second kappa shape index (κ2) is 6.72. The number of carbonyl (C=O) groups excluding carboxylic acids is 1. The van der Waals surface area contributed by atoms with Crippen LogP contribution < -0.4 is 0 Å². The number of hydrogen-bond acceptors (Lipinski definition) is 3. The van der Waals surface area contributed by atoms with Gasteiger partial charge in [0.25, 0.3) is 0 Å². The molecule has 0 saturated heterocycles. The van der Waals surface area contributed by atoms with E-state index in [1.54, 1.807) is 16.2 Å². The highest BCUT2D eigenvalue weighted by molar-refractivity contribution is 7.07. The van der Waals surface area contributed by atoms with Gasteiger partial charge in [-0.15, -0.1) is 11.6 Å². The summed E-state index contributed by atoms with van der Waals surface area (Å²) < 4.78 is 1.85. The molecule has 0 aliphatic carbocycles. The summed E-state index contributed by atoms with van der Waals surface area (Å²) in [6, 6.07) is 10.1. The summed E-state index contributed by atoms with van der Waals surface area (Å²) in [5.74, 6) is -0.112.